The van der Waals surface area contributed by atoms with Crippen LogP contribution in [0.15, 0.2) is 0 Å². The van der Waals surface area contributed by atoms with Crippen LogP contribution in [0, 0.1) is 0 Å². The SMILES string of the molecule is COC(CNC(=O)NC1(C)CCCCC1)CC(=O)O. The first-order valence-corrected chi connectivity index (χ1v) is 6.76. The van der Waals surface area contributed by atoms with Crippen molar-refractivity contribution in [2.24, 2.45) is 0 Å². The molecule has 1 atom stereocenters. The molecule has 3 N–H and O–H groups in total. The first kappa shape index (κ1) is 15.8. The Morgan fingerprint density at radius 2 is 1.95 bits per heavy atom. The lowest BCUT2D eigenvalue weighted by atomic mass is 9.83. The summed E-state index contributed by atoms with van der Waals surface area (Å²) in [4.78, 5) is 22.4. The summed E-state index contributed by atoms with van der Waals surface area (Å²) in [6.07, 6.45) is 4.86. The van der Waals surface area contributed by atoms with Gasteiger partial charge in [0.15, 0.2) is 0 Å². The third-order valence-corrected chi connectivity index (χ3v) is 3.60. The Morgan fingerprint density at radius 3 is 2.47 bits per heavy atom. The second-order valence-electron chi connectivity index (χ2n) is 5.41. The lowest BCUT2D eigenvalue weighted by molar-refractivity contribution is -0.139. The summed E-state index contributed by atoms with van der Waals surface area (Å²) in [7, 11) is 1.44. The van der Waals surface area contributed by atoms with Crippen molar-refractivity contribution in [1.29, 1.82) is 0 Å². The van der Waals surface area contributed by atoms with E-state index in [1.54, 1.807) is 0 Å². The van der Waals surface area contributed by atoms with Crippen LogP contribution in [0.5, 0.6) is 0 Å². The Balaban J connectivity index is 2.31. The van der Waals surface area contributed by atoms with Crippen LogP contribution in [0.3, 0.4) is 0 Å². The minimum atomic E-state index is -0.937. The first-order valence-electron chi connectivity index (χ1n) is 6.76. The van der Waals surface area contributed by atoms with Crippen LogP contribution >= 0.6 is 0 Å². The van der Waals surface area contributed by atoms with Crippen molar-refractivity contribution in [3.05, 3.63) is 0 Å². The zero-order valence-corrected chi connectivity index (χ0v) is 11.7. The fourth-order valence-electron chi connectivity index (χ4n) is 2.42. The molecular formula is C13H24N2O4. The monoisotopic (exact) mass is 272 g/mol. The lowest BCUT2D eigenvalue weighted by Crippen LogP contribution is -2.52. The van der Waals surface area contributed by atoms with Crippen molar-refractivity contribution in [3.63, 3.8) is 0 Å². The minimum Gasteiger partial charge on any atom is -0.481 e. The number of hydrogen-bond donors (Lipinski definition) is 3. The molecule has 1 unspecified atom stereocenters. The van der Waals surface area contributed by atoms with Gasteiger partial charge in [-0.1, -0.05) is 19.3 Å². The molecule has 1 fully saturated rings. The fraction of sp³-hybridized carbons (Fsp3) is 0.846. The van der Waals surface area contributed by atoms with E-state index in [-0.39, 0.29) is 24.5 Å². The Morgan fingerprint density at radius 1 is 1.32 bits per heavy atom. The van der Waals surface area contributed by atoms with E-state index >= 15 is 0 Å². The number of carboxylic acids is 1. The highest BCUT2D eigenvalue weighted by molar-refractivity contribution is 5.75. The minimum absolute atomic E-state index is 0.117. The maximum Gasteiger partial charge on any atom is 0.315 e. The van der Waals surface area contributed by atoms with Crippen LogP contribution in [0.1, 0.15) is 45.4 Å². The summed E-state index contributed by atoms with van der Waals surface area (Å²) in [5, 5.41) is 14.3. The van der Waals surface area contributed by atoms with E-state index in [0.717, 1.165) is 25.7 Å². The number of aliphatic carboxylic acids is 1. The molecule has 0 heterocycles. The molecule has 0 aliphatic heterocycles. The molecule has 0 bridgehead atoms. The predicted octanol–water partition coefficient (Wildman–Crippen LogP) is 1.50. The molecule has 1 saturated carbocycles. The normalized spacial score (nSPS) is 19.5. The molecule has 1 aliphatic rings. The molecule has 0 aromatic heterocycles. The molecule has 0 radical (unpaired) electrons. The van der Waals surface area contributed by atoms with Gasteiger partial charge in [0, 0.05) is 19.2 Å². The van der Waals surface area contributed by atoms with E-state index in [2.05, 4.69) is 17.6 Å². The van der Waals surface area contributed by atoms with Crippen LogP contribution in [-0.4, -0.2) is 42.4 Å². The Bertz CT molecular complexity index is 314. The highest BCUT2D eigenvalue weighted by atomic mass is 16.5. The van der Waals surface area contributed by atoms with Crippen molar-refractivity contribution < 1.29 is 19.4 Å². The van der Waals surface area contributed by atoms with Gasteiger partial charge in [-0.05, 0) is 19.8 Å². The first-order chi connectivity index (χ1) is 8.95. The molecule has 6 heteroatoms. The average molecular weight is 272 g/mol. The van der Waals surface area contributed by atoms with Crippen molar-refractivity contribution >= 4 is 12.0 Å². The Kier molecular flexibility index (Phi) is 6.08. The van der Waals surface area contributed by atoms with Gasteiger partial charge in [0.25, 0.3) is 0 Å². The standard InChI is InChI=1S/C13H24N2O4/c1-13(6-4-3-5-7-13)15-12(18)14-9-10(19-2)8-11(16)17/h10H,3-9H2,1-2H3,(H,16,17)(H2,14,15,18). The molecule has 6 nitrogen and oxygen atoms in total. The summed E-state index contributed by atoms with van der Waals surface area (Å²) >= 11 is 0. The van der Waals surface area contributed by atoms with Crippen LogP contribution in [0.4, 0.5) is 4.79 Å². The van der Waals surface area contributed by atoms with Crippen LogP contribution < -0.4 is 10.6 Å². The predicted molar refractivity (Wildman–Crippen MR) is 71.1 cm³/mol. The van der Waals surface area contributed by atoms with Gasteiger partial charge in [0.05, 0.1) is 12.5 Å². The summed E-state index contributed by atoms with van der Waals surface area (Å²) in [6, 6.07) is -0.253. The van der Waals surface area contributed by atoms with Gasteiger partial charge in [-0.15, -0.1) is 0 Å². The second-order valence-corrected chi connectivity index (χ2v) is 5.41. The number of rotatable bonds is 6. The highest BCUT2D eigenvalue weighted by Gasteiger charge is 2.28. The Hall–Kier alpha value is -1.30. The Labute approximate surface area is 113 Å². The van der Waals surface area contributed by atoms with E-state index in [0.29, 0.717) is 0 Å². The fourth-order valence-corrected chi connectivity index (χ4v) is 2.42. The van der Waals surface area contributed by atoms with E-state index < -0.39 is 12.1 Å². The molecule has 19 heavy (non-hydrogen) atoms. The number of ether oxygens (including phenoxy) is 1. The number of amides is 2. The van der Waals surface area contributed by atoms with Gasteiger partial charge in [-0.2, -0.15) is 0 Å². The van der Waals surface area contributed by atoms with Crippen LogP contribution in [0.25, 0.3) is 0 Å². The van der Waals surface area contributed by atoms with Crippen LogP contribution in [0.2, 0.25) is 0 Å². The number of carboxylic acid groups (broad SMARTS) is 1. The summed E-state index contributed by atoms with van der Waals surface area (Å²) in [5.41, 5.74) is -0.141. The van der Waals surface area contributed by atoms with E-state index in [1.165, 1.54) is 13.5 Å². The molecule has 1 aliphatic carbocycles. The van der Waals surface area contributed by atoms with Gasteiger partial charge < -0.3 is 20.5 Å². The number of nitrogens with one attached hydrogen (secondary N) is 2. The quantitative estimate of drug-likeness (QED) is 0.683. The zero-order chi connectivity index (χ0) is 14.3. The summed E-state index contributed by atoms with van der Waals surface area (Å²) in [5.74, 6) is -0.937. The summed E-state index contributed by atoms with van der Waals surface area (Å²) < 4.78 is 5.00. The van der Waals surface area contributed by atoms with E-state index in [9.17, 15) is 9.59 Å². The van der Waals surface area contributed by atoms with Crippen molar-refractivity contribution in [2.75, 3.05) is 13.7 Å². The lowest BCUT2D eigenvalue weighted by Gasteiger charge is -2.34. The van der Waals surface area contributed by atoms with E-state index in [4.69, 9.17) is 9.84 Å². The van der Waals surface area contributed by atoms with Gasteiger partial charge in [-0.3, -0.25) is 4.79 Å². The van der Waals surface area contributed by atoms with Gasteiger partial charge >= 0.3 is 12.0 Å². The highest BCUT2D eigenvalue weighted by Crippen LogP contribution is 2.27. The largest absolute Gasteiger partial charge is 0.481 e. The number of urea groups is 1. The van der Waals surface area contributed by atoms with Crippen molar-refractivity contribution in [2.45, 2.75) is 57.1 Å². The molecule has 1 rings (SSSR count). The maximum atomic E-state index is 11.8. The average Bonchev–Trinajstić information content (AvgIpc) is 2.34. The molecule has 2 amide bonds. The van der Waals surface area contributed by atoms with Gasteiger partial charge in [0.2, 0.25) is 0 Å². The van der Waals surface area contributed by atoms with Crippen LogP contribution in [-0.2, 0) is 9.53 Å². The molecular weight excluding hydrogens is 248 g/mol. The van der Waals surface area contributed by atoms with Gasteiger partial charge in [-0.25, -0.2) is 4.79 Å². The molecule has 110 valence electrons. The van der Waals surface area contributed by atoms with Crippen molar-refractivity contribution in [1.82, 2.24) is 10.6 Å². The number of hydrogen-bond acceptors (Lipinski definition) is 3. The van der Waals surface area contributed by atoms with Crippen molar-refractivity contribution in [3.8, 4) is 0 Å². The third-order valence-electron chi connectivity index (χ3n) is 3.60. The topological polar surface area (TPSA) is 87.7 Å². The maximum absolute atomic E-state index is 11.8. The smallest absolute Gasteiger partial charge is 0.315 e. The van der Waals surface area contributed by atoms with Gasteiger partial charge in [0.1, 0.15) is 0 Å². The molecule has 0 aromatic rings. The molecule has 0 aromatic carbocycles. The second kappa shape index (κ2) is 7.33. The number of methoxy groups -OCH3 is 1. The third kappa shape index (κ3) is 5.92. The van der Waals surface area contributed by atoms with E-state index in [1.807, 2.05) is 0 Å². The number of carbonyl (C=O) groups excluding carboxylic acids is 1. The molecule has 0 spiro atoms. The zero-order valence-electron chi connectivity index (χ0n) is 11.7. The summed E-state index contributed by atoms with van der Waals surface area (Å²) in [6.45, 7) is 2.25. The molecule has 0 saturated heterocycles. The number of carbonyl (C=O) groups is 2.